The molecule has 4 rings (SSSR count). The van der Waals surface area contributed by atoms with Gasteiger partial charge >= 0.3 is 6.18 Å². The molecular formula is C21H16F3N3O2S2. The van der Waals surface area contributed by atoms with Crippen molar-refractivity contribution >= 4 is 23.1 Å². The number of nitrogens with zero attached hydrogens (tertiary/aromatic N) is 3. The summed E-state index contributed by atoms with van der Waals surface area (Å²) in [5, 5.41) is 10.9. The Hall–Kier alpha value is -2.85. The first-order chi connectivity index (χ1) is 14.9. The van der Waals surface area contributed by atoms with Crippen LogP contribution in [0.3, 0.4) is 0 Å². The molecule has 0 fully saturated rings. The molecule has 0 saturated carbocycles. The molecule has 0 N–H and O–H groups in total. The molecule has 0 spiro atoms. The van der Waals surface area contributed by atoms with E-state index in [0.717, 1.165) is 29.1 Å². The Morgan fingerprint density at radius 2 is 1.77 bits per heavy atom. The summed E-state index contributed by atoms with van der Waals surface area (Å²) in [6, 6.07) is 12.6. The van der Waals surface area contributed by atoms with Gasteiger partial charge in [-0.3, -0.25) is 0 Å². The second kappa shape index (κ2) is 9.11. The molecule has 10 heteroatoms. The fourth-order valence-electron chi connectivity index (χ4n) is 2.58. The van der Waals surface area contributed by atoms with Crippen molar-refractivity contribution in [2.75, 3.05) is 0 Å². The third kappa shape index (κ3) is 5.65. The van der Waals surface area contributed by atoms with Gasteiger partial charge < -0.3 is 9.15 Å². The Labute approximate surface area is 184 Å². The number of ether oxygens (including phenoxy) is 1. The van der Waals surface area contributed by atoms with Crippen LogP contribution in [0.1, 0.15) is 22.7 Å². The second-order valence-corrected chi connectivity index (χ2v) is 8.36. The normalized spacial score (nSPS) is 11.6. The van der Waals surface area contributed by atoms with Crippen molar-refractivity contribution in [1.82, 2.24) is 15.2 Å². The van der Waals surface area contributed by atoms with Gasteiger partial charge in [0.15, 0.2) is 6.61 Å². The highest BCUT2D eigenvalue weighted by molar-refractivity contribution is 7.98. The number of thioether (sulfide) groups is 1. The zero-order valence-electron chi connectivity index (χ0n) is 16.2. The van der Waals surface area contributed by atoms with Crippen molar-refractivity contribution in [3.05, 3.63) is 76.6 Å². The molecule has 2 heterocycles. The van der Waals surface area contributed by atoms with Crippen LogP contribution in [0, 0.1) is 6.92 Å². The lowest BCUT2D eigenvalue weighted by molar-refractivity contribution is -0.137. The van der Waals surface area contributed by atoms with Crippen LogP contribution in [-0.4, -0.2) is 15.2 Å². The Bertz CT molecular complexity index is 1140. The fraction of sp³-hybridized carbons (Fsp3) is 0.190. The molecule has 0 aliphatic heterocycles. The molecule has 0 amide bonds. The smallest absolute Gasteiger partial charge is 0.416 e. The fourth-order valence-corrected chi connectivity index (χ4v) is 4.18. The SMILES string of the molecule is Cc1ccc(OCc2nnc(SCc3csc(-c4ccc(C(F)(F)F)cc4)n3)o2)cc1. The van der Waals surface area contributed by atoms with Gasteiger partial charge in [-0.2, -0.15) is 13.2 Å². The van der Waals surface area contributed by atoms with Crippen molar-refractivity contribution in [2.24, 2.45) is 0 Å². The van der Waals surface area contributed by atoms with E-state index in [1.54, 1.807) is 0 Å². The van der Waals surface area contributed by atoms with Crippen molar-refractivity contribution in [3.8, 4) is 16.3 Å². The maximum absolute atomic E-state index is 12.7. The average molecular weight is 464 g/mol. The summed E-state index contributed by atoms with van der Waals surface area (Å²) in [6.45, 7) is 2.17. The minimum Gasteiger partial charge on any atom is -0.484 e. The molecule has 0 saturated heterocycles. The van der Waals surface area contributed by atoms with Crippen LogP contribution in [-0.2, 0) is 18.5 Å². The van der Waals surface area contributed by atoms with Crippen LogP contribution in [0.5, 0.6) is 5.75 Å². The number of aromatic nitrogens is 3. The van der Waals surface area contributed by atoms with Gasteiger partial charge in [0.05, 0.1) is 11.3 Å². The van der Waals surface area contributed by atoms with Crippen LogP contribution in [0.15, 0.2) is 63.6 Å². The Kier molecular flexibility index (Phi) is 6.28. The van der Waals surface area contributed by atoms with E-state index < -0.39 is 11.7 Å². The molecule has 0 bridgehead atoms. The van der Waals surface area contributed by atoms with Gasteiger partial charge in [-0.15, -0.1) is 21.5 Å². The molecule has 0 aliphatic carbocycles. The number of rotatable bonds is 7. The quantitative estimate of drug-likeness (QED) is 0.296. The van der Waals surface area contributed by atoms with E-state index in [-0.39, 0.29) is 6.61 Å². The first-order valence-corrected chi connectivity index (χ1v) is 11.0. The topological polar surface area (TPSA) is 61.0 Å². The number of halogens is 3. The monoisotopic (exact) mass is 463 g/mol. The summed E-state index contributed by atoms with van der Waals surface area (Å²) in [4.78, 5) is 4.48. The van der Waals surface area contributed by atoms with E-state index >= 15 is 0 Å². The summed E-state index contributed by atoms with van der Waals surface area (Å²) in [6.07, 6.45) is -4.35. The number of hydrogen-bond donors (Lipinski definition) is 0. The maximum Gasteiger partial charge on any atom is 0.416 e. The predicted molar refractivity (Wildman–Crippen MR) is 112 cm³/mol. The minimum absolute atomic E-state index is 0.172. The standard InChI is InChI=1S/C21H16F3N3O2S2/c1-13-2-8-17(9-3-13)28-10-18-26-27-20(29-18)31-12-16-11-30-19(25-16)14-4-6-15(7-5-14)21(22,23)24/h2-9,11H,10,12H2,1H3. The summed E-state index contributed by atoms with van der Waals surface area (Å²) >= 11 is 2.70. The molecule has 0 radical (unpaired) electrons. The molecule has 31 heavy (non-hydrogen) atoms. The molecule has 160 valence electrons. The minimum atomic E-state index is -4.35. The van der Waals surface area contributed by atoms with E-state index in [4.69, 9.17) is 9.15 Å². The molecule has 0 unspecified atom stereocenters. The van der Waals surface area contributed by atoms with Gasteiger partial charge in [0.1, 0.15) is 10.8 Å². The first-order valence-electron chi connectivity index (χ1n) is 9.13. The highest BCUT2D eigenvalue weighted by Crippen LogP contribution is 2.32. The lowest BCUT2D eigenvalue weighted by Gasteiger charge is -2.06. The van der Waals surface area contributed by atoms with Gasteiger partial charge in [0, 0.05) is 16.7 Å². The molecule has 5 nitrogen and oxygen atoms in total. The largest absolute Gasteiger partial charge is 0.484 e. The van der Waals surface area contributed by atoms with E-state index in [0.29, 0.717) is 27.4 Å². The van der Waals surface area contributed by atoms with Crippen molar-refractivity contribution < 1.29 is 22.3 Å². The second-order valence-electron chi connectivity index (χ2n) is 6.57. The maximum atomic E-state index is 12.7. The van der Waals surface area contributed by atoms with Crippen LogP contribution < -0.4 is 4.74 Å². The van der Waals surface area contributed by atoms with Gasteiger partial charge in [0.2, 0.25) is 0 Å². The molecule has 0 atom stereocenters. The average Bonchev–Trinajstić information content (AvgIpc) is 3.41. The van der Waals surface area contributed by atoms with Gasteiger partial charge in [-0.1, -0.05) is 41.6 Å². The lowest BCUT2D eigenvalue weighted by atomic mass is 10.1. The van der Waals surface area contributed by atoms with Crippen molar-refractivity contribution in [2.45, 2.75) is 30.7 Å². The van der Waals surface area contributed by atoms with E-state index in [1.165, 1.54) is 35.2 Å². The molecule has 2 aromatic heterocycles. The van der Waals surface area contributed by atoms with Crippen molar-refractivity contribution in [3.63, 3.8) is 0 Å². The van der Waals surface area contributed by atoms with E-state index in [1.807, 2.05) is 36.6 Å². The molecule has 0 aliphatic rings. The van der Waals surface area contributed by atoms with E-state index in [9.17, 15) is 13.2 Å². The van der Waals surface area contributed by atoms with E-state index in [2.05, 4.69) is 15.2 Å². The molecule has 4 aromatic rings. The predicted octanol–water partition coefficient (Wildman–Crippen LogP) is 6.39. The van der Waals surface area contributed by atoms with Crippen LogP contribution in [0.2, 0.25) is 0 Å². The first kappa shape index (κ1) is 21.4. The number of hydrogen-bond acceptors (Lipinski definition) is 7. The lowest BCUT2D eigenvalue weighted by Crippen LogP contribution is -2.03. The highest BCUT2D eigenvalue weighted by atomic mass is 32.2. The third-order valence-electron chi connectivity index (χ3n) is 4.19. The zero-order chi connectivity index (χ0) is 21.8. The summed E-state index contributed by atoms with van der Waals surface area (Å²) in [5.74, 6) is 1.58. The Morgan fingerprint density at radius 3 is 2.48 bits per heavy atom. The molecular weight excluding hydrogens is 447 g/mol. The summed E-state index contributed by atoms with van der Waals surface area (Å²) < 4.78 is 49.3. The van der Waals surface area contributed by atoms with Gasteiger partial charge in [-0.05, 0) is 31.2 Å². The Morgan fingerprint density at radius 1 is 1.03 bits per heavy atom. The summed E-state index contributed by atoms with van der Waals surface area (Å²) in [5.41, 5.74) is 1.89. The van der Waals surface area contributed by atoms with Gasteiger partial charge in [-0.25, -0.2) is 4.98 Å². The highest BCUT2D eigenvalue weighted by Gasteiger charge is 2.30. The number of benzene rings is 2. The number of aryl methyl sites for hydroxylation is 1. The van der Waals surface area contributed by atoms with Crippen LogP contribution in [0.4, 0.5) is 13.2 Å². The zero-order valence-corrected chi connectivity index (χ0v) is 17.9. The van der Waals surface area contributed by atoms with Crippen molar-refractivity contribution in [1.29, 1.82) is 0 Å². The van der Waals surface area contributed by atoms with Gasteiger partial charge in [0.25, 0.3) is 11.1 Å². The van der Waals surface area contributed by atoms with Crippen LogP contribution in [0.25, 0.3) is 10.6 Å². The summed E-state index contributed by atoms with van der Waals surface area (Å²) in [7, 11) is 0. The third-order valence-corrected chi connectivity index (χ3v) is 5.98. The van der Waals surface area contributed by atoms with Crippen LogP contribution >= 0.6 is 23.1 Å². The molecule has 2 aromatic carbocycles. The number of thiazole rings is 1. The number of alkyl halides is 3. The Balaban J connectivity index is 1.31.